The molecule has 6 nitrogen and oxygen atoms in total. The van der Waals surface area contributed by atoms with Crippen LogP contribution in [0.1, 0.15) is 40.9 Å². The molecule has 1 heterocycles. The molecule has 2 N–H and O–H groups in total. The lowest BCUT2D eigenvalue weighted by Crippen LogP contribution is -2.34. The summed E-state index contributed by atoms with van der Waals surface area (Å²) in [6, 6.07) is 14.3. The first-order valence-electron chi connectivity index (χ1n) is 10.2. The summed E-state index contributed by atoms with van der Waals surface area (Å²) in [5, 5.41) is 2.93. The number of sulfonamides is 1. The van der Waals surface area contributed by atoms with Gasteiger partial charge in [0.15, 0.2) is 0 Å². The van der Waals surface area contributed by atoms with E-state index in [1.54, 1.807) is 37.5 Å². The molecule has 0 atom stereocenters. The van der Waals surface area contributed by atoms with Gasteiger partial charge in [0.25, 0.3) is 10.0 Å². The molecule has 1 saturated carbocycles. The first kappa shape index (κ1) is 21.2. The Labute approximate surface area is 182 Å². The van der Waals surface area contributed by atoms with Gasteiger partial charge in [-0.1, -0.05) is 18.2 Å². The fraction of sp³-hybridized carbons (Fsp3) is 0.292. The Morgan fingerprint density at radius 1 is 1.00 bits per heavy atom. The predicted molar refractivity (Wildman–Crippen MR) is 119 cm³/mol. The molecule has 0 aliphatic heterocycles. The molecule has 31 heavy (non-hydrogen) atoms. The number of hydrogen-bond acceptors (Lipinski definition) is 4. The van der Waals surface area contributed by atoms with Crippen LogP contribution in [0.3, 0.4) is 0 Å². The zero-order valence-corrected chi connectivity index (χ0v) is 18.7. The third-order valence-corrected chi connectivity index (χ3v) is 7.48. The van der Waals surface area contributed by atoms with E-state index in [4.69, 9.17) is 4.42 Å². The molecular weight excluding hydrogens is 412 g/mol. The minimum atomic E-state index is -3.71. The van der Waals surface area contributed by atoms with Crippen molar-refractivity contribution in [2.45, 2.75) is 50.5 Å². The van der Waals surface area contributed by atoms with Crippen LogP contribution in [-0.2, 0) is 26.8 Å². The second-order valence-corrected chi connectivity index (χ2v) is 9.88. The van der Waals surface area contributed by atoms with E-state index in [1.165, 1.54) is 0 Å². The van der Waals surface area contributed by atoms with Crippen LogP contribution < -0.4 is 10.0 Å². The molecule has 7 heteroatoms. The van der Waals surface area contributed by atoms with Gasteiger partial charge in [-0.3, -0.25) is 9.52 Å². The van der Waals surface area contributed by atoms with Gasteiger partial charge >= 0.3 is 0 Å². The molecule has 3 aromatic rings. The Bertz CT molecular complexity index is 1210. The molecule has 1 amide bonds. The number of aryl methyl sites for hydroxylation is 3. The van der Waals surface area contributed by atoms with E-state index in [0.29, 0.717) is 23.6 Å². The normalized spacial score (nSPS) is 14.8. The quantitative estimate of drug-likeness (QED) is 0.574. The summed E-state index contributed by atoms with van der Waals surface area (Å²) in [6.07, 6.45) is 3.11. The number of furan rings is 1. The van der Waals surface area contributed by atoms with E-state index in [2.05, 4.69) is 10.0 Å². The highest BCUT2D eigenvalue weighted by molar-refractivity contribution is 7.92. The smallest absolute Gasteiger partial charge is 0.262 e. The first-order valence-corrected chi connectivity index (χ1v) is 11.7. The molecular formula is C24H26N2O4S. The Morgan fingerprint density at radius 2 is 1.68 bits per heavy atom. The Kier molecular flexibility index (Phi) is 5.39. The van der Waals surface area contributed by atoms with Crippen LogP contribution in [0.5, 0.6) is 0 Å². The van der Waals surface area contributed by atoms with Crippen molar-refractivity contribution in [1.82, 2.24) is 5.32 Å². The average molecular weight is 439 g/mol. The topological polar surface area (TPSA) is 88.4 Å². The van der Waals surface area contributed by atoms with Gasteiger partial charge < -0.3 is 9.73 Å². The number of carbonyl (C=O) groups is 1. The molecule has 1 fully saturated rings. The first-order chi connectivity index (χ1) is 14.7. The maximum absolute atomic E-state index is 12.9. The van der Waals surface area contributed by atoms with Crippen LogP contribution in [0.4, 0.5) is 5.69 Å². The second kappa shape index (κ2) is 7.89. The van der Waals surface area contributed by atoms with Gasteiger partial charge in [0, 0.05) is 5.69 Å². The maximum atomic E-state index is 12.9. The Morgan fingerprint density at radius 3 is 2.29 bits per heavy atom. The summed E-state index contributed by atoms with van der Waals surface area (Å²) < 4.78 is 33.7. The van der Waals surface area contributed by atoms with Crippen LogP contribution in [0.25, 0.3) is 0 Å². The number of rotatable bonds is 7. The van der Waals surface area contributed by atoms with Crippen LogP contribution in [0.15, 0.2) is 64.1 Å². The fourth-order valence-electron chi connectivity index (χ4n) is 3.81. The fourth-order valence-corrected chi connectivity index (χ4v) is 5.18. The lowest BCUT2D eigenvalue weighted by Gasteiger charge is -2.17. The SMILES string of the molecule is Cc1cc(C)c(S(=O)(=O)Nc2ccc(C3(C(=O)NCc4ccco4)CC3)cc2)cc1C. The molecule has 1 aliphatic carbocycles. The maximum Gasteiger partial charge on any atom is 0.262 e. The highest BCUT2D eigenvalue weighted by Crippen LogP contribution is 2.48. The number of amides is 1. The van der Waals surface area contributed by atoms with E-state index >= 15 is 0 Å². The van der Waals surface area contributed by atoms with Gasteiger partial charge in [-0.25, -0.2) is 8.42 Å². The van der Waals surface area contributed by atoms with E-state index in [-0.39, 0.29) is 10.8 Å². The summed E-state index contributed by atoms with van der Waals surface area (Å²) in [6.45, 7) is 6.00. The van der Waals surface area contributed by atoms with E-state index in [9.17, 15) is 13.2 Å². The highest BCUT2D eigenvalue weighted by Gasteiger charge is 2.51. The molecule has 1 aliphatic rings. The van der Waals surface area contributed by atoms with Crippen LogP contribution >= 0.6 is 0 Å². The lowest BCUT2D eigenvalue weighted by molar-refractivity contribution is -0.123. The van der Waals surface area contributed by atoms with Gasteiger partial charge in [0.2, 0.25) is 5.91 Å². The van der Waals surface area contributed by atoms with Crippen molar-refractivity contribution in [1.29, 1.82) is 0 Å². The van der Waals surface area contributed by atoms with Crippen LogP contribution in [0, 0.1) is 20.8 Å². The summed E-state index contributed by atoms with van der Waals surface area (Å²) in [7, 11) is -3.71. The van der Waals surface area contributed by atoms with Crippen molar-refractivity contribution in [3.05, 3.63) is 82.8 Å². The van der Waals surface area contributed by atoms with Crippen molar-refractivity contribution in [3.8, 4) is 0 Å². The standard InChI is InChI=1S/C24H26N2O4S/c1-16-13-18(3)22(14-17(16)2)31(28,29)26-20-8-6-19(7-9-20)24(10-11-24)23(27)25-15-21-5-4-12-30-21/h4-9,12-14,26H,10-11,15H2,1-3H3,(H,25,27). The summed E-state index contributed by atoms with van der Waals surface area (Å²) in [5.41, 5.74) is 3.49. The predicted octanol–water partition coefficient (Wildman–Crippen LogP) is 4.35. The van der Waals surface area contributed by atoms with Crippen molar-refractivity contribution in [3.63, 3.8) is 0 Å². The van der Waals surface area contributed by atoms with Crippen molar-refractivity contribution < 1.29 is 17.6 Å². The number of benzene rings is 2. The van der Waals surface area contributed by atoms with Crippen molar-refractivity contribution in [2.24, 2.45) is 0 Å². The van der Waals surface area contributed by atoms with Gasteiger partial charge in [-0.05, 0) is 86.2 Å². The number of anilines is 1. The molecule has 0 unspecified atom stereocenters. The number of carbonyl (C=O) groups excluding carboxylic acids is 1. The molecule has 0 spiro atoms. The minimum Gasteiger partial charge on any atom is -0.467 e. The second-order valence-electron chi connectivity index (χ2n) is 8.23. The molecule has 0 bridgehead atoms. The number of nitrogens with one attached hydrogen (secondary N) is 2. The summed E-state index contributed by atoms with van der Waals surface area (Å²) in [4.78, 5) is 13.0. The van der Waals surface area contributed by atoms with E-state index in [1.807, 2.05) is 38.1 Å². The van der Waals surface area contributed by atoms with E-state index in [0.717, 1.165) is 29.5 Å². The van der Waals surface area contributed by atoms with Crippen LogP contribution in [-0.4, -0.2) is 14.3 Å². The molecule has 4 rings (SSSR count). The molecule has 0 saturated heterocycles. The average Bonchev–Trinajstić information content (AvgIpc) is 3.37. The third kappa shape index (κ3) is 4.23. The van der Waals surface area contributed by atoms with Gasteiger partial charge in [0.1, 0.15) is 5.76 Å². The molecule has 0 radical (unpaired) electrons. The summed E-state index contributed by atoms with van der Waals surface area (Å²) >= 11 is 0. The molecule has 162 valence electrons. The largest absolute Gasteiger partial charge is 0.467 e. The monoisotopic (exact) mass is 438 g/mol. The van der Waals surface area contributed by atoms with Gasteiger partial charge in [-0.2, -0.15) is 0 Å². The van der Waals surface area contributed by atoms with E-state index < -0.39 is 15.4 Å². The Hall–Kier alpha value is -3.06. The molecule has 2 aromatic carbocycles. The number of hydrogen-bond donors (Lipinski definition) is 2. The molecule has 1 aromatic heterocycles. The third-order valence-electron chi connectivity index (χ3n) is 5.96. The van der Waals surface area contributed by atoms with Gasteiger partial charge in [0.05, 0.1) is 23.1 Å². The highest BCUT2D eigenvalue weighted by atomic mass is 32.2. The Balaban J connectivity index is 1.48. The van der Waals surface area contributed by atoms with Gasteiger partial charge in [-0.15, -0.1) is 0 Å². The zero-order chi connectivity index (χ0) is 22.2. The minimum absolute atomic E-state index is 0.0389. The summed E-state index contributed by atoms with van der Waals surface area (Å²) in [5.74, 6) is 0.665. The van der Waals surface area contributed by atoms with Crippen molar-refractivity contribution >= 4 is 21.6 Å². The lowest BCUT2D eigenvalue weighted by atomic mass is 9.95. The van der Waals surface area contributed by atoms with Crippen LogP contribution in [0.2, 0.25) is 0 Å². The zero-order valence-electron chi connectivity index (χ0n) is 17.9. The van der Waals surface area contributed by atoms with Crippen molar-refractivity contribution in [2.75, 3.05) is 4.72 Å².